The number of esters is 1. The van der Waals surface area contributed by atoms with Crippen LogP contribution in [-0.2, 0) is 25.3 Å². The van der Waals surface area contributed by atoms with Crippen molar-refractivity contribution in [3.05, 3.63) is 35.9 Å². The minimum atomic E-state index is -1.76. The van der Waals surface area contributed by atoms with Crippen LogP contribution in [0.15, 0.2) is 30.3 Å². The second kappa shape index (κ2) is 7.81. The number of carbonyl (C=O) groups excluding carboxylic acids is 2. The second-order valence-corrected chi connectivity index (χ2v) is 11.3. The molecule has 0 bridgehead atoms. The van der Waals surface area contributed by atoms with Crippen molar-refractivity contribution in [2.75, 3.05) is 13.7 Å². The molecule has 2 unspecified atom stereocenters. The number of likely N-dealkylation sites (tertiary alicyclic amines) is 1. The zero-order chi connectivity index (χ0) is 17.7. The van der Waals surface area contributed by atoms with Crippen LogP contribution in [0.5, 0.6) is 0 Å². The molecule has 0 aliphatic carbocycles. The molecule has 132 valence electrons. The lowest BCUT2D eigenvalue weighted by Crippen LogP contribution is -2.41. The molecular formula is C17H25NO5Si. The zero-order valence-corrected chi connectivity index (χ0v) is 15.7. The summed E-state index contributed by atoms with van der Waals surface area (Å²) in [6.07, 6.45) is -0.238. The third-order valence-corrected chi connectivity index (χ3v) is 4.74. The summed E-state index contributed by atoms with van der Waals surface area (Å²) >= 11 is 0. The van der Waals surface area contributed by atoms with Crippen molar-refractivity contribution in [2.24, 2.45) is 0 Å². The first-order valence-electron chi connectivity index (χ1n) is 8.03. The zero-order valence-electron chi connectivity index (χ0n) is 14.7. The summed E-state index contributed by atoms with van der Waals surface area (Å²) in [5, 5.41) is 0. The molecule has 6 nitrogen and oxygen atoms in total. The summed E-state index contributed by atoms with van der Waals surface area (Å²) in [5.74, 6) is -0.437. The van der Waals surface area contributed by atoms with Crippen LogP contribution in [0, 0.1) is 0 Å². The van der Waals surface area contributed by atoms with Crippen molar-refractivity contribution in [1.82, 2.24) is 4.90 Å². The van der Waals surface area contributed by atoms with Crippen LogP contribution in [-0.4, -0.2) is 51.1 Å². The van der Waals surface area contributed by atoms with Gasteiger partial charge in [-0.3, -0.25) is 4.90 Å². The normalized spacial score (nSPS) is 20.8. The summed E-state index contributed by atoms with van der Waals surface area (Å²) in [6, 6.07) is 8.78. The van der Waals surface area contributed by atoms with Crippen molar-refractivity contribution in [1.29, 1.82) is 0 Å². The Bertz CT molecular complexity index is 572. The number of benzene rings is 1. The minimum Gasteiger partial charge on any atom is -0.467 e. The predicted molar refractivity (Wildman–Crippen MR) is 92.0 cm³/mol. The molecule has 0 radical (unpaired) electrons. The van der Waals surface area contributed by atoms with Crippen molar-refractivity contribution in [2.45, 2.75) is 44.8 Å². The van der Waals surface area contributed by atoms with Crippen LogP contribution in [0.2, 0.25) is 19.6 Å². The number of ether oxygens (including phenoxy) is 2. The van der Waals surface area contributed by atoms with Crippen molar-refractivity contribution in [3.63, 3.8) is 0 Å². The maximum atomic E-state index is 12.4. The molecular weight excluding hydrogens is 326 g/mol. The van der Waals surface area contributed by atoms with Gasteiger partial charge in [0.2, 0.25) is 0 Å². The number of rotatable bonds is 5. The molecule has 2 atom stereocenters. The molecule has 1 saturated heterocycles. The number of carbonyl (C=O) groups is 2. The Balaban J connectivity index is 2.01. The van der Waals surface area contributed by atoms with Crippen LogP contribution < -0.4 is 0 Å². The fourth-order valence-electron chi connectivity index (χ4n) is 2.75. The standard InChI is InChI=1S/C17H25NO5Si/c1-21-16(19)15-10-14(23-24(2,3)4)11-18(15)17(20)22-12-13-8-6-5-7-9-13/h5-9,14-15H,10-12H2,1-4H3. The Morgan fingerprint density at radius 1 is 1.21 bits per heavy atom. The molecule has 2 rings (SSSR count). The third-order valence-electron chi connectivity index (χ3n) is 3.70. The van der Waals surface area contributed by atoms with E-state index in [1.165, 1.54) is 12.0 Å². The van der Waals surface area contributed by atoms with Crippen LogP contribution in [0.3, 0.4) is 0 Å². The van der Waals surface area contributed by atoms with E-state index in [2.05, 4.69) is 19.6 Å². The van der Waals surface area contributed by atoms with E-state index < -0.39 is 26.4 Å². The van der Waals surface area contributed by atoms with Crippen LogP contribution >= 0.6 is 0 Å². The summed E-state index contributed by atoms with van der Waals surface area (Å²) < 4.78 is 16.2. The van der Waals surface area contributed by atoms with E-state index in [1.54, 1.807) is 0 Å². The van der Waals surface area contributed by atoms with E-state index in [1.807, 2.05) is 30.3 Å². The molecule has 1 aromatic carbocycles. The summed E-state index contributed by atoms with van der Waals surface area (Å²) in [7, 11) is -0.441. The maximum Gasteiger partial charge on any atom is 0.410 e. The van der Waals surface area contributed by atoms with Gasteiger partial charge in [-0.15, -0.1) is 0 Å². The third kappa shape index (κ3) is 5.07. The summed E-state index contributed by atoms with van der Waals surface area (Å²) in [5.41, 5.74) is 0.898. The first-order chi connectivity index (χ1) is 11.3. The van der Waals surface area contributed by atoms with Gasteiger partial charge < -0.3 is 13.9 Å². The molecule has 0 aromatic heterocycles. The molecule has 1 fully saturated rings. The van der Waals surface area contributed by atoms with Gasteiger partial charge in [0.15, 0.2) is 8.32 Å². The predicted octanol–water partition coefficient (Wildman–Crippen LogP) is 2.79. The van der Waals surface area contributed by atoms with Gasteiger partial charge >= 0.3 is 12.1 Å². The van der Waals surface area contributed by atoms with Crippen molar-refractivity contribution < 1.29 is 23.5 Å². The Morgan fingerprint density at radius 3 is 2.46 bits per heavy atom. The first kappa shape index (κ1) is 18.5. The lowest BCUT2D eigenvalue weighted by atomic mass is 10.2. The number of nitrogens with zero attached hydrogens (tertiary/aromatic N) is 1. The molecule has 7 heteroatoms. The van der Waals surface area contributed by atoms with Crippen LogP contribution in [0.25, 0.3) is 0 Å². The smallest absolute Gasteiger partial charge is 0.410 e. The van der Waals surface area contributed by atoms with E-state index in [0.717, 1.165) is 5.56 Å². The molecule has 1 aliphatic rings. The second-order valence-electron chi connectivity index (χ2n) is 6.82. The molecule has 1 aliphatic heterocycles. The van der Waals surface area contributed by atoms with E-state index in [9.17, 15) is 9.59 Å². The van der Waals surface area contributed by atoms with Gasteiger partial charge in [-0.25, -0.2) is 9.59 Å². The maximum absolute atomic E-state index is 12.4. The lowest BCUT2D eigenvalue weighted by molar-refractivity contribution is -0.145. The quantitative estimate of drug-likeness (QED) is 0.603. The summed E-state index contributed by atoms with van der Waals surface area (Å²) in [4.78, 5) is 25.8. The molecule has 1 aromatic rings. The molecule has 0 spiro atoms. The first-order valence-corrected chi connectivity index (χ1v) is 11.4. The van der Waals surface area contributed by atoms with Gasteiger partial charge in [0.1, 0.15) is 12.6 Å². The van der Waals surface area contributed by atoms with Crippen molar-refractivity contribution in [3.8, 4) is 0 Å². The van der Waals surface area contributed by atoms with Gasteiger partial charge in [0.25, 0.3) is 0 Å². The number of methoxy groups -OCH3 is 1. The van der Waals surface area contributed by atoms with Gasteiger partial charge in [-0.05, 0) is 25.2 Å². The number of amides is 1. The van der Waals surface area contributed by atoms with E-state index in [-0.39, 0.29) is 12.7 Å². The molecule has 1 amide bonds. The van der Waals surface area contributed by atoms with Gasteiger partial charge in [-0.2, -0.15) is 0 Å². The Hall–Kier alpha value is -1.86. The Labute approximate surface area is 143 Å². The summed E-state index contributed by atoms with van der Waals surface area (Å²) in [6.45, 7) is 6.75. The van der Waals surface area contributed by atoms with E-state index >= 15 is 0 Å². The Morgan fingerprint density at radius 2 is 1.88 bits per heavy atom. The highest BCUT2D eigenvalue weighted by molar-refractivity contribution is 6.69. The minimum absolute atomic E-state index is 0.162. The molecule has 0 saturated carbocycles. The number of hydrogen-bond donors (Lipinski definition) is 0. The molecule has 0 N–H and O–H groups in total. The van der Waals surface area contributed by atoms with Crippen LogP contribution in [0.1, 0.15) is 12.0 Å². The fraction of sp³-hybridized carbons (Fsp3) is 0.529. The average Bonchev–Trinajstić information content (AvgIpc) is 2.94. The topological polar surface area (TPSA) is 65.1 Å². The Kier molecular flexibility index (Phi) is 6.01. The van der Waals surface area contributed by atoms with E-state index in [4.69, 9.17) is 13.9 Å². The molecule has 1 heterocycles. The highest BCUT2D eigenvalue weighted by atomic mass is 28.4. The monoisotopic (exact) mass is 351 g/mol. The highest BCUT2D eigenvalue weighted by Crippen LogP contribution is 2.25. The van der Waals surface area contributed by atoms with Crippen molar-refractivity contribution >= 4 is 20.4 Å². The SMILES string of the molecule is COC(=O)C1CC(O[Si](C)(C)C)CN1C(=O)OCc1ccccc1. The van der Waals surface area contributed by atoms with E-state index in [0.29, 0.717) is 13.0 Å². The van der Waals surface area contributed by atoms with Crippen LogP contribution in [0.4, 0.5) is 4.79 Å². The van der Waals surface area contributed by atoms with Gasteiger partial charge in [0, 0.05) is 13.0 Å². The number of hydrogen-bond acceptors (Lipinski definition) is 5. The van der Waals surface area contributed by atoms with Gasteiger partial charge in [-0.1, -0.05) is 30.3 Å². The fourth-order valence-corrected chi connectivity index (χ4v) is 3.92. The average molecular weight is 351 g/mol. The molecule has 24 heavy (non-hydrogen) atoms. The van der Waals surface area contributed by atoms with Gasteiger partial charge in [0.05, 0.1) is 13.2 Å². The highest BCUT2D eigenvalue weighted by Gasteiger charge is 2.43. The largest absolute Gasteiger partial charge is 0.467 e. The lowest BCUT2D eigenvalue weighted by Gasteiger charge is -2.23.